The van der Waals surface area contributed by atoms with Crippen molar-refractivity contribution < 1.29 is 68.4 Å². The SMILES string of the molecule is CC(=O)CCNC(=O)CN1CC(=O)NCCO[C@@H]2O[C@@H](O[C@@H]3[C@H](OCCNC(=O)C1)O[C@@H](C)[C@@H](O)[C@H]3O)[C@@H](O)[C@@H](O)[C@@H]2O. The molecule has 3 heterocycles. The number of nitrogens with zero attached hydrogens (tertiary/aromatic N) is 1. The Kier molecular flexibility index (Phi) is 13.6. The van der Waals surface area contributed by atoms with Crippen LogP contribution in [-0.4, -0.2) is 168 Å². The highest BCUT2D eigenvalue weighted by atomic mass is 16.8. The van der Waals surface area contributed by atoms with Crippen LogP contribution in [0.2, 0.25) is 0 Å². The number of hydrogen-bond acceptors (Lipinski definition) is 15. The maximum absolute atomic E-state index is 12.6. The quantitative estimate of drug-likeness (QED) is 0.142. The minimum Gasteiger partial charge on any atom is -0.388 e. The molecule has 3 fully saturated rings. The van der Waals surface area contributed by atoms with Gasteiger partial charge in [-0.3, -0.25) is 24.1 Å². The second-order valence-electron chi connectivity index (χ2n) is 10.5. The lowest BCUT2D eigenvalue weighted by Gasteiger charge is -2.45. The Hall–Kier alpha value is -2.36. The molecule has 0 radical (unpaired) electrons. The Bertz CT molecular complexity index is 959. The molecule has 3 aliphatic heterocycles. The number of fused-ring (bicyclic) bond motifs is 3. The summed E-state index contributed by atoms with van der Waals surface area (Å²) in [5.74, 6) is -1.71. The number of carbonyl (C=O) groups is 4. The van der Waals surface area contributed by atoms with Crippen molar-refractivity contribution in [2.24, 2.45) is 0 Å². The minimum atomic E-state index is -1.79. The molecule has 0 aliphatic carbocycles. The molecule has 0 saturated carbocycles. The fourth-order valence-corrected chi connectivity index (χ4v) is 4.56. The summed E-state index contributed by atoms with van der Waals surface area (Å²) < 4.78 is 27.9. The predicted molar refractivity (Wildman–Crippen MR) is 141 cm³/mol. The maximum Gasteiger partial charge on any atom is 0.234 e. The van der Waals surface area contributed by atoms with Crippen molar-refractivity contribution in [2.45, 2.75) is 81.9 Å². The Morgan fingerprint density at radius 3 is 2.00 bits per heavy atom. The van der Waals surface area contributed by atoms with E-state index in [1.54, 1.807) is 0 Å². The van der Waals surface area contributed by atoms with Crippen LogP contribution < -0.4 is 16.0 Å². The molecule has 43 heavy (non-hydrogen) atoms. The molecule has 0 spiro atoms. The van der Waals surface area contributed by atoms with Gasteiger partial charge in [-0.25, -0.2) is 0 Å². The smallest absolute Gasteiger partial charge is 0.234 e. The zero-order valence-corrected chi connectivity index (χ0v) is 24.0. The normalized spacial score (nSPS) is 37.5. The van der Waals surface area contributed by atoms with Crippen LogP contribution in [0, 0.1) is 0 Å². The van der Waals surface area contributed by atoms with Crippen molar-refractivity contribution in [1.82, 2.24) is 20.9 Å². The molecule has 0 aromatic carbocycles. The molecule has 3 rings (SSSR count). The molecule has 0 unspecified atom stereocenters. The first kappa shape index (κ1) is 35.1. The van der Waals surface area contributed by atoms with E-state index in [1.807, 2.05) is 0 Å². The summed E-state index contributed by atoms with van der Waals surface area (Å²) in [6.45, 7) is 1.42. The summed E-state index contributed by atoms with van der Waals surface area (Å²) in [5.41, 5.74) is 0. The van der Waals surface area contributed by atoms with Gasteiger partial charge in [-0.2, -0.15) is 0 Å². The van der Waals surface area contributed by atoms with Crippen molar-refractivity contribution in [3.8, 4) is 0 Å². The molecule has 246 valence electrons. The molecule has 10 atom stereocenters. The van der Waals surface area contributed by atoms with Crippen LogP contribution in [0.3, 0.4) is 0 Å². The first-order chi connectivity index (χ1) is 20.4. The van der Waals surface area contributed by atoms with Crippen molar-refractivity contribution in [2.75, 3.05) is 52.5 Å². The van der Waals surface area contributed by atoms with E-state index in [9.17, 15) is 44.7 Å². The number of rotatable bonds is 5. The molecular formula is C25H42N4O14. The molecule has 2 bridgehead atoms. The van der Waals surface area contributed by atoms with E-state index in [4.69, 9.17) is 23.7 Å². The summed E-state index contributed by atoms with van der Waals surface area (Å²) in [7, 11) is 0. The summed E-state index contributed by atoms with van der Waals surface area (Å²) >= 11 is 0. The zero-order chi connectivity index (χ0) is 31.7. The first-order valence-electron chi connectivity index (χ1n) is 14.0. The number of aliphatic hydroxyl groups is 5. The van der Waals surface area contributed by atoms with Gasteiger partial charge in [0.2, 0.25) is 17.7 Å². The van der Waals surface area contributed by atoms with Crippen molar-refractivity contribution in [3.05, 3.63) is 0 Å². The number of ketones is 1. The number of hydrogen-bond donors (Lipinski definition) is 8. The van der Waals surface area contributed by atoms with Crippen LogP contribution in [0.5, 0.6) is 0 Å². The van der Waals surface area contributed by atoms with Gasteiger partial charge in [-0.05, 0) is 13.8 Å². The standard InChI is InChI=1S/C25H42N4O14/c1-12(30)3-4-26-14(31)9-29-10-15(32)27-5-7-39-23-20(37)18(35)21(38)24(43-23)42-22-19(36)17(34)13(2)41-25(22)40-8-6-28-16(33)11-29/h13,17-25,34-38H,3-11H2,1-2H3,(H,26,31)(H,27,32)(H,28,33)/t13-,17+,18-,19+,20-,21-,22-,23+,24+,25+/m0/s1. The summed E-state index contributed by atoms with van der Waals surface area (Å²) in [5, 5.41) is 59.9. The lowest BCUT2D eigenvalue weighted by Crippen LogP contribution is -2.64. The van der Waals surface area contributed by atoms with Gasteiger partial charge in [0.15, 0.2) is 18.9 Å². The van der Waals surface area contributed by atoms with E-state index in [0.29, 0.717) is 0 Å². The average Bonchev–Trinajstić information content (AvgIpc) is 2.94. The lowest BCUT2D eigenvalue weighted by molar-refractivity contribution is -0.387. The zero-order valence-electron chi connectivity index (χ0n) is 24.0. The van der Waals surface area contributed by atoms with E-state index >= 15 is 0 Å². The van der Waals surface area contributed by atoms with E-state index in [-0.39, 0.29) is 64.7 Å². The van der Waals surface area contributed by atoms with Crippen LogP contribution in [0.1, 0.15) is 20.3 Å². The first-order valence-corrected chi connectivity index (χ1v) is 14.0. The lowest BCUT2D eigenvalue weighted by atomic mass is 9.99. The average molecular weight is 623 g/mol. The highest BCUT2D eigenvalue weighted by Crippen LogP contribution is 2.29. The monoisotopic (exact) mass is 622 g/mol. The maximum atomic E-state index is 12.6. The number of Topliss-reactive ketones (excluding diaryl/α,β-unsaturated/α-hetero) is 1. The van der Waals surface area contributed by atoms with E-state index in [1.165, 1.54) is 18.7 Å². The van der Waals surface area contributed by atoms with Crippen LogP contribution >= 0.6 is 0 Å². The molecule has 0 aromatic rings. The number of aliphatic hydroxyl groups excluding tert-OH is 5. The number of nitrogens with one attached hydrogen (secondary N) is 3. The van der Waals surface area contributed by atoms with Crippen molar-refractivity contribution in [3.63, 3.8) is 0 Å². The van der Waals surface area contributed by atoms with Gasteiger partial charge in [0, 0.05) is 26.1 Å². The molecule has 18 heteroatoms. The Morgan fingerprint density at radius 2 is 1.40 bits per heavy atom. The predicted octanol–water partition coefficient (Wildman–Crippen LogP) is -5.72. The molecular weight excluding hydrogens is 580 g/mol. The third-order valence-corrected chi connectivity index (χ3v) is 6.92. The van der Waals surface area contributed by atoms with E-state index < -0.39 is 79.3 Å². The Labute approximate surface area is 247 Å². The van der Waals surface area contributed by atoms with Gasteiger partial charge < -0.3 is 65.2 Å². The molecule has 8 N–H and O–H groups in total. The topological polar surface area (TPSA) is 255 Å². The van der Waals surface area contributed by atoms with Gasteiger partial charge in [0.05, 0.1) is 39.0 Å². The van der Waals surface area contributed by atoms with Gasteiger partial charge in [-0.15, -0.1) is 0 Å². The number of carbonyl (C=O) groups excluding carboxylic acids is 4. The van der Waals surface area contributed by atoms with E-state index in [2.05, 4.69) is 16.0 Å². The molecule has 3 amide bonds. The minimum absolute atomic E-state index is 0.0628. The largest absolute Gasteiger partial charge is 0.388 e. The fourth-order valence-electron chi connectivity index (χ4n) is 4.56. The summed E-state index contributed by atoms with van der Waals surface area (Å²) in [6.07, 6.45) is -15.0. The second-order valence-corrected chi connectivity index (χ2v) is 10.5. The molecule has 0 aromatic heterocycles. The van der Waals surface area contributed by atoms with Gasteiger partial charge in [-0.1, -0.05) is 0 Å². The van der Waals surface area contributed by atoms with Gasteiger partial charge in [0.25, 0.3) is 0 Å². The van der Waals surface area contributed by atoms with Gasteiger partial charge in [0.1, 0.15) is 42.4 Å². The van der Waals surface area contributed by atoms with E-state index in [0.717, 1.165) is 0 Å². The summed E-state index contributed by atoms with van der Waals surface area (Å²) in [6, 6.07) is 0. The van der Waals surface area contributed by atoms with Crippen molar-refractivity contribution >= 4 is 23.5 Å². The number of ether oxygens (including phenoxy) is 5. The highest BCUT2D eigenvalue weighted by molar-refractivity contribution is 5.84. The molecule has 3 saturated heterocycles. The summed E-state index contributed by atoms with van der Waals surface area (Å²) in [4.78, 5) is 49.9. The second kappa shape index (κ2) is 16.6. The van der Waals surface area contributed by atoms with Gasteiger partial charge >= 0.3 is 0 Å². The van der Waals surface area contributed by atoms with Crippen LogP contribution in [0.4, 0.5) is 0 Å². The van der Waals surface area contributed by atoms with Crippen LogP contribution in [0.25, 0.3) is 0 Å². The van der Waals surface area contributed by atoms with Crippen LogP contribution in [-0.2, 0) is 42.9 Å². The molecule has 18 nitrogen and oxygen atoms in total. The third-order valence-electron chi connectivity index (χ3n) is 6.92. The highest BCUT2D eigenvalue weighted by Gasteiger charge is 2.50. The van der Waals surface area contributed by atoms with Crippen molar-refractivity contribution in [1.29, 1.82) is 0 Å². The Balaban J connectivity index is 1.73. The molecule has 3 aliphatic rings. The number of amides is 3. The van der Waals surface area contributed by atoms with Crippen LogP contribution in [0.15, 0.2) is 0 Å². The third kappa shape index (κ3) is 10.4. The fraction of sp³-hybridized carbons (Fsp3) is 0.840. The Morgan fingerprint density at radius 1 is 0.814 bits per heavy atom.